The molecule has 5 nitrogen and oxygen atoms in total. The maximum atomic E-state index is 5.91. The summed E-state index contributed by atoms with van der Waals surface area (Å²) in [6, 6.07) is 8.04. The molecule has 118 valence electrons. The first-order valence-corrected chi connectivity index (χ1v) is 7.70. The maximum absolute atomic E-state index is 5.91. The van der Waals surface area contributed by atoms with Crippen LogP contribution in [0.15, 0.2) is 24.3 Å². The average molecular weight is 293 g/mol. The molecule has 0 aromatic heterocycles. The van der Waals surface area contributed by atoms with E-state index in [0.717, 1.165) is 37.6 Å². The number of hydrogen-bond donors (Lipinski definition) is 2. The number of nitrogens with zero attached hydrogens (tertiary/aromatic N) is 1. The number of nitrogens with one attached hydrogen (secondary N) is 1. The van der Waals surface area contributed by atoms with E-state index in [1.807, 2.05) is 32.0 Å². The Bertz CT molecular complexity index is 439. The van der Waals surface area contributed by atoms with Gasteiger partial charge in [0.25, 0.3) is 0 Å². The van der Waals surface area contributed by atoms with E-state index in [0.29, 0.717) is 0 Å². The summed E-state index contributed by atoms with van der Waals surface area (Å²) in [6.07, 6.45) is 0.212. The van der Waals surface area contributed by atoms with E-state index in [2.05, 4.69) is 23.3 Å². The highest BCUT2D eigenvalue weighted by Crippen LogP contribution is 2.25. The third kappa shape index (κ3) is 4.41. The Morgan fingerprint density at radius 3 is 2.95 bits per heavy atom. The number of benzene rings is 1. The second-order valence-electron chi connectivity index (χ2n) is 5.69. The minimum atomic E-state index is -0.0323. The van der Waals surface area contributed by atoms with Crippen LogP contribution < -0.4 is 16.0 Å². The Morgan fingerprint density at radius 1 is 1.48 bits per heavy atom. The second-order valence-corrected chi connectivity index (χ2v) is 5.69. The Balaban J connectivity index is 2.12. The lowest BCUT2D eigenvalue weighted by molar-refractivity contribution is -0.0456. The van der Waals surface area contributed by atoms with Gasteiger partial charge in [0.1, 0.15) is 5.75 Å². The zero-order valence-electron chi connectivity index (χ0n) is 13.2. The van der Waals surface area contributed by atoms with Gasteiger partial charge in [-0.25, -0.2) is 0 Å². The molecule has 1 aliphatic rings. The molecule has 1 fully saturated rings. The minimum absolute atomic E-state index is 0.0323. The molecule has 2 atom stereocenters. The predicted molar refractivity (Wildman–Crippen MR) is 84.1 cm³/mol. The molecule has 2 rings (SSSR count). The number of ether oxygens (including phenoxy) is 2. The smallest absolute Gasteiger partial charge is 0.120 e. The summed E-state index contributed by atoms with van der Waals surface area (Å²) in [4.78, 5) is 2.38. The summed E-state index contributed by atoms with van der Waals surface area (Å²) in [5, 5.41) is 0. The third-order valence-electron chi connectivity index (χ3n) is 3.77. The van der Waals surface area contributed by atoms with Crippen molar-refractivity contribution < 1.29 is 9.47 Å². The Hall–Kier alpha value is -1.14. The standard InChI is InChI=1S/C16H27N3O2/c1-4-19-8-9-20-15(11-19)16(18-17)13-6-5-7-14(10-13)21-12(2)3/h5-7,10,12,15-16,18H,4,8-9,11,17H2,1-3H3. The first-order chi connectivity index (χ1) is 10.1. The number of likely N-dealkylation sites (N-methyl/N-ethyl adjacent to an activating group) is 1. The van der Waals surface area contributed by atoms with E-state index in [1.165, 1.54) is 0 Å². The summed E-state index contributed by atoms with van der Waals surface area (Å²) >= 11 is 0. The molecule has 0 radical (unpaired) electrons. The largest absolute Gasteiger partial charge is 0.491 e. The monoisotopic (exact) mass is 293 g/mol. The molecule has 0 saturated carbocycles. The molecular formula is C16H27N3O2. The van der Waals surface area contributed by atoms with Crippen molar-refractivity contribution in [2.24, 2.45) is 5.84 Å². The van der Waals surface area contributed by atoms with Crippen molar-refractivity contribution in [2.45, 2.75) is 39.0 Å². The Labute approximate surface area is 127 Å². The van der Waals surface area contributed by atoms with Gasteiger partial charge < -0.3 is 9.47 Å². The van der Waals surface area contributed by atoms with Crippen LogP contribution in [0.5, 0.6) is 5.75 Å². The van der Waals surface area contributed by atoms with E-state index in [9.17, 15) is 0 Å². The molecule has 1 heterocycles. The van der Waals surface area contributed by atoms with Gasteiger partial charge in [-0.05, 0) is 38.1 Å². The lowest BCUT2D eigenvalue weighted by Crippen LogP contribution is -2.49. The van der Waals surface area contributed by atoms with Crippen molar-refractivity contribution >= 4 is 0 Å². The van der Waals surface area contributed by atoms with Crippen LogP contribution >= 0.6 is 0 Å². The van der Waals surface area contributed by atoms with E-state index in [4.69, 9.17) is 15.3 Å². The fraction of sp³-hybridized carbons (Fsp3) is 0.625. The van der Waals surface area contributed by atoms with Gasteiger partial charge >= 0.3 is 0 Å². The summed E-state index contributed by atoms with van der Waals surface area (Å²) in [5.74, 6) is 6.65. The summed E-state index contributed by atoms with van der Waals surface area (Å²) < 4.78 is 11.7. The van der Waals surface area contributed by atoms with Gasteiger partial charge in [0.05, 0.1) is 24.9 Å². The fourth-order valence-corrected chi connectivity index (χ4v) is 2.69. The Kier molecular flexibility index (Phi) is 5.99. The molecule has 1 aromatic rings. The van der Waals surface area contributed by atoms with Gasteiger partial charge in [-0.2, -0.15) is 0 Å². The number of hydrazine groups is 1. The van der Waals surface area contributed by atoms with Gasteiger partial charge in [-0.1, -0.05) is 19.1 Å². The number of morpholine rings is 1. The van der Waals surface area contributed by atoms with Crippen molar-refractivity contribution in [1.82, 2.24) is 10.3 Å². The van der Waals surface area contributed by atoms with Crippen LogP contribution in [-0.2, 0) is 4.74 Å². The molecule has 0 amide bonds. The average Bonchev–Trinajstić information content (AvgIpc) is 2.48. The summed E-state index contributed by atoms with van der Waals surface area (Å²) in [7, 11) is 0. The number of nitrogens with two attached hydrogens (primary N) is 1. The van der Waals surface area contributed by atoms with Crippen LogP contribution in [0.3, 0.4) is 0 Å². The van der Waals surface area contributed by atoms with Crippen molar-refractivity contribution in [3.8, 4) is 5.75 Å². The van der Waals surface area contributed by atoms with Gasteiger partial charge in [0.2, 0.25) is 0 Å². The topological polar surface area (TPSA) is 59.8 Å². The van der Waals surface area contributed by atoms with Gasteiger partial charge in [0.15, 0.2) is 0 Å². The zero-order valence-corrected chi connectivity index (χ0v) is 13.2. The predicted octanol–water partition coefficient (Wildman–Crippen LogP) is 1.70. The fourth-order valence-electron chi connectivity index (χ4n) is 2.69. The van der Waals surface area contributed by atoms with Gasteiger partial charge in [-0.15, -0.1) is 0 Å². The first kappa shape index (κ1) is 16.2. The van der Waals surface area contributed by atoms with Crippen LogP contribution in [0, 0.1) is 0 Å². The van der Waals surface area contributed by atoms with Crippen LogP contribution in [0.4, 0.5) is 0 Å². The Morgan fingerprint density at radius 2 is 2.29 bits per heavy atom. The second kappa shape index (κ2) is 7.75. The van der Waals surface area contributed by atoms with Crippen LogP contribution in [-0.4, -0.2) is 43.3 Å². The van der Waals surface area contributed by atoms with Crippen LogP contribution in [0.1, 0.15) is 32.4 Å². The minimum Gasteiger partial charge on any atom is -0.491 e. The highest BCUT2D eigenvalue weighted by Gasteiger charge is 2.28. The van der Waals surface area contributed by atoms with Crippen molar-refractivity contribution in [3.05, 3.63) is 29.8 Å². The number of rotatable bonds is 6. The van der Waals surface area contributed by atoms with E-state index >= 15 is 0 Å². The lowest BCUT2D eigenvalue weighted by atomic mass is 10.0. The van der Waals surface area contributed by atoms with E-state index < -0.39 is 0 Å². The molecule has 1 saturated heterocycles. The van der Waals surface area contributed by atoms with E-state index in [-0.39, 0.29) is 18.2 Å². The highest BCUT2D eigenvalue weighted by molar-refractivity contribution is 5.31. The quantitative estimate of drug-likeness (QED) is 0.617. The molecule has 0 aliphatic carbocycles. The van der Waals surface area contributed by atoms with Crippen LogP contribution in [0.2, 0.25) is 0 Å². The molecule has 0 bridgehead atoms. The molecule has 21 heavy (non-hydrogen) atoms. The normalized spacial score (nSPS) is 21.5. The molecular weight excluding hydrogens is 266 g/mol. The molecule has 5 heteroatoms. The lowest BCUT2D eigenvalue weighted by Gasteiger charge is -2.36. The SMILES string of the molecule is CCN1CCOC(C(NN)c2cccc(OC(C)C)c2)C1. The van der Waals surface area contributed by atoms with E-state index in [1.54, 1.807) is 0 Å². The summed E-state index contributed by atoms with van der Waals surface area (Å²) in [6.45, 7) is 9.88. The van der Waals surface area contributed by atoms with Crippen LogP contribution in [0.25, 0.3) is 0 Å². The van der Waals surface area contributed by atoms with Crippen molar-refractivity contribution in [2.75, 3.05) is 26.2 Å². The molecule has 2 unspecified atom stereocenters. The molecule has 0 spiro atoms. The van der Waals surface area contributed by atoms with Crippen molar-refractivity contribution in [3.63, 3.8) is 0 Å². The molecule has 1 aliphatic heterocycles. The summed E-state index contributed by atoms with van der Waals surface area (Å²) in [5.41, 5.74) is 4.00. The third-order valence-corrected chi connectivity index (χ3v) is 3.77. The van der Waals surface area contributed by atoms with Crippen molar-refractivity contribution in [1.29, 1.82) is 0 Å². The highest BCUT2D eigenvalue weighted by atomic mass is 16.5. The molecule has 1 aromatic carbocycles. The zero-order chi connectivity index (χ0) is 15.2. The molecule has 3 N–H and O–H groups in total. The van der Waals surface area contributed by atoms with Gasteiger partial charge in [0, 0.05) is 13.1 Å². The first-order valence-electron chi connectivity index (χ1n) is 7.70. The maximum Gasteiger partial charge on any atom is 0.120 e. The number of hydrogen-bond acceptors (Lipinski definition) is 5. The van der Waals surface area contributed by atoms with Gasteiger partial charge in [-0.3, -0.25) is 16.2 Å².